The number of allylic oxidation sites excluding steroid dienone is 4. The lowest BCUT2D eigenvalue weighted by Crippen LogP contribution is -2.48. The van der Waals surface area contributed by atoms with Gasteiger partial charge in [0.1, 0.15) is 6.61 Å². The maximum Gasteiger partial charge on any atom is 0.162 e. The first-order valence-corrected chi connectivity index (χ1v) is 17.2. The zero-order chi connectivity index (χ0) is 31.2. The largest absolute Gasteiger partial charge is 0.490 e. The summed E-state index contributed by atoms with van der Waals surface area (Å²) in [6.07, 6.45) is 8.56. The van der Waals surface area contributed by atoms with Crippen LogP contribution in [-0.4, -0.2) is 29.1 Å². The Morgan fingerprint density at radius 2 is 1.41 bits per heavy atom. The molecule has 0 unspecified atom stereocenters. The number of benzene rings is 2. The molecule has 2 aromatic carbocycles. The second-order valence-corrected chi connectivity index (χ2v) is 15.6. The summed E-state index contributed by atoms with van der Waals surface area (Å²) in [6, 6.07) is 14.4. The molecule has 0 spiro atoms. The van der Waals surface area contributed by atoms with E-state index in [9.17, 15) is 9.59 Å². The van der Waals surface area contributed by atoms with Gasteiger partial charge in [0, 0.05) is 57.4 Å². The number of ketones is 2. The van der Waals surface area contributed by atoms with Gasteiger partial charge in [-0.25, -0.2) is 0 Å². The fourth-order valence-electron chi connectivity index (χ4n) is 7.97. The van der Waals surface area contributed by atoms with E-state index in [-0.39, 0.29) is 28.3 Å². The van der Waals surface area contributed by atoms with Crippen LogP contribution >= 0.6 is 15.9 Å². The number of hydrogen-bond acceptors (Lipinski definition) is 5. The second-order valence-electron chi connectivity index (χ2n) is 14.7. The number of hydrogen-bond donors (Lipinski definition) is 0. The van der Waals surface area contributed by atoms with E-state index in [0.717, 1.165) is 52.4 Å². The molecule has 6 rings (SSSR count). The second kappa shape index (κ2) is 12.2. The first kappa shape index (κ1) is 31.1. The molecular formula is C38H46BrNO4. The van der Waals surface area contributed by atoms with Gasteiger partial charge >= 0.3 is 0 Å². The van der Waals surface area contributed by atoms with E-state index in [2.05, 4.69) is 48.5 Å². The average Bonchev–Trinajstić information content (AvgIpc) is 2.95. The van der Waals surface area contributed by atoms with E-state index in [1.165, 1.54) is 30.7 Å². The maximum atomic E-state index is 14.3. The van der Waals surface area contributed by atoms with Crippen molar-refractivity contribution in [1.82, 2.24) is 4.90 Å². The van der Waals surface area contributed by atoms with E-state index in [0.29, 0.717) is 43.6 Å². The highest BCUT2D eigenvalue weighted by molar-refractivity contribution is 9.10. The van der Waals surface area contributed by atoms with Crippen LogP contribution in [0.1, 0.15) is 109 Å². The molecule has 3 aliphatic carbocycles. The number of Topliss-reactive ketones (excluding diaryl/α,β-unsaturated/α-hetero) is 2. The summed E-state index contributed by atoms with van der Waals surface area (Å²) in [5.41, 5.74) is 5.74. The van der Waals surface area contributed by atoms with Crippen molar-refractivity contribution in [3.8, 4) is 11.5 Å². The molecule has 1 heterocycles. The fourth-order valence-corrected chi connectivity index (χ4v) is 8.37. The quantitative estimate of drug-likeness (QED) is 0.296. The highest BCUT2D eigenvalue weighted by Crippen LogP contribution is 2.56. The number of ether oxygens (including phenoxy) is 2. The third kappa shape index (κ3) is 6.03. The molecular weight excluding hydrogens is 614 g/mol. The Balaban J connectivity index is 1.49. The third-order valence-electron chi connectivity index (χ3n) is 9.83. The van der Waals surface area contributed by atoms with Gasteiger partial charge in [-0.1, -0.05) is 87.2 Å². The maximum absolute atomic E-state index is 14.3. The van der Waals surface area contributed by atoms with Crippen molar-refractivity contribution in [2.45, 2.75) is 111 Å². The van der Waals surface area contributed by atoms with Crippen LogP contribution in [0.25, 0.3) is 0 Å². The fraction of sp³-hybridized carbons (Fsp3) is 0.526. The first-order chi connectivity index (χ1) is 21.0. The molecule has 1 aliphatic heterocycles. The normalized spacial score (nSPS) is 22.2. The Morgan fingerprint density at radius 1 is 0.795 bits per heavy atom. The minimum atomic E-state index is -0.386. The van der Waals surface area contributed by atoms with Crippen LogP contribution in [0, 0.1) is 10.8 Å². The lowest BCUT2D eigenvalue weighted by Gasteiger charge is -2.52. The van der Waals surface area contributed by atoms with E-state index < -0.39 is 0 Å². The van der Waals surface area contributed by atoms with Crippen LogP contribution in [0.4, 0.5) is 0 Å². The first-order valence-electron chi connectivity index (χ1n) is 16.4. The molecule has 0 aromatic heterocycles. The molecule has 6 heteroatoms. The summed E-state index contributed by atoms with van der Waals surface area (Å²) in [4.78, 5) is 31.0. The predicted octanol–water partition coefficient (Wildman–Crippen LogP) is 9.45. The molecule has 0 bridgehead atoms. The van der Waals surface area contributed by atoms with Crippen LogP contribution in [0.3, 0.4) is 0 Å². The van der Waals surface area contributed by atoms with Gasteiger partial charge in [0.05, 0.1) is 6.61 Å². The zero-order valence-electron chi connectivity index (χ0n) is 26.9. The topological polar surface area (TPSA) is 55.8 Å². The van der Waals surface area contributed by atoms with E-state index in [4.69, 9.17) is 9.47 Å². The van der Waals surface area contributed by atoms with Crippen molar-refractivity contribution in [3.63, 3.8) is 0 Å². The summed E-state index contributed by atoms with van der Waals surface area (Å²) in [5.74, 6) is 1.27. The van der Waals surface area contributed by atoms with Crippen LogP contribution < -0.4 is 9.47 Å². The predicted molar refractivity (Wildman–Crippen MR) is 178 cm³/mol. The van der Waals surface area contributed by atoms with E-state index >= 15 is 0 Å². The molecule has 234 valence electrons. The lowest BCUT2D eigenvalue weighted by atomic mass is 9.63. The minimum Gasteiger partial charge on any atom is -0.490 e. The number of halogens is 1. The molecule has 0 radical (unpaired) electrons. The van der Waals surface area contributed by atoms with E-state index in [1.54, 1.807) is 0 Å². The van der Waals surface area contributed by atoms with Gasteiger partial charge in [0.2, 0.25) is 0 Å². The van der Waals surface area contributed by atoms with Gasteiger partial charge < -0.3 is 14.4 Å². The Bertz CT molecular complexity index is 1470. The van der Waals surface area contributed by atoms with Crippen molar-refractivity contribution in [1.29, 1.82) is 0 Å². The molecule has 4 aliphatic rings. The molecule has 0 saturated heterocycles. The van der Waals surface area contributed by atoms with Crippen molar-refractivity contribution in [2.75, 3.05) is 6.61 Å². The molecule has 5 nitrogen and oxygen atoms in total. The molecule has 0 N–H and O–H groups in total. The van der Waals surface area contributed by atoms with Crippen molar-refractivity contribution in [3.05, 3.63) is 80.6 Å². The molecule has 44 heavy (non-hydrogen) atoms. The molecule has 0 atom stereocenters. The highest BCUT2D eigenvalue weighted by Gasteiger charge is 2.50. The molecule has 1 saturated carbocycles. The van der Waals surface area contributed by atoms with Gasteiger partial charge in [-0.2, -0.15) is 0 Å². The third-order valence-corrected chi connectivity index (χ3v) is 10.6. The zero-order valence-corrected chi connectivity index (χ0v) is 28.5. The molecule has 1 fully saturated rings. The van der Waals surface area contributed by atoms with Crippen LogP contribution in [0.2, 0.25) is 0 Å². The van der Waals surface area contributed by atoms with E-state index in [1.807, 2.05) is 49.4 Å². The smallest absolute Gasteiger partial charge is 0.162 e. The Kier molecular flexibility index (Phi) is 8.60. The Labute approximate surface area is 271 Å². The SMILES string of the molecule is CCOc1cc(C2C3=C(CC(C)(C)CC3=O)N(C3CCCCC3)C3=C2C(=O)CC(C)(C)C3)ccc1OCc1ccccc1Br. The van der Waals surface area contributed by atoms with Gasteiger partial charge in [0.25, 0.3) is 0 Å². The minimum absolute atomic E-state index is 0.125. The highest BCUT2D eigenvalue weighted by atomic mass is 79.9. The number of carbonyl (C=O) groups excluding carboxylic acids is 2. The number of nitrogens with zero attached hydrogens (tertiary/aromatic N) is 1. The Morgan fingerprint density at radius 3 is 2.00 bits per heavy atom. The van der Waals surface area contributed by atoms with Crippen molar-refractivity contribution >= 4 is 27.5 Å². The summed E-state index contributed by atoms with van der Waals surface area (Å²) < 4.78 is 13.4. The van der Waals surface area contributed by atoms with Crippen LogP contribution in [0.15, 0.2) is 69.5 Å². The van der Waals surface area contributed by atoms with Crippen LogP contribution in [0.5, 0.6) is 11.5 Å². The summed E-state index contributed by atoms with van der Waals surface area (Å²) in [6.45, 7) is 11.7. The van der Waals surface area contributed by atoms with Gasteiger partial charge in [-0.3, -0.25) is 9.59 Å². The standard InChI is InChI=1S/C38H46BrNO4/c1-6-43-33-18-24(16-17-32(33)44-23-25-12-10-11-15-27(25)39)34-35-28(19-37(2,3)21-30(35)41)40(26-13-8-7-9-14-26)29-20-38(4,5)22-31(42)36(29)34/h10-12,15-18,26,34H,6-9,13-14,19-23H2,1-5H3. The van der Waals surface area contributed by atoms with Crippen LogP contribution in [-0.2, 0) is 16.2 Å². The molecule has 2 aromatic rings. The lowest BCUT2D eigenvalue weighted by molar-refractivity contribution is -0.119. The summed E-state index contributed by atoms with van der Waals surface area (Å²) >= 11 is 3.62. The monoisotopic (exact) mass is 659 g/mol. The average molecular weight is 661 g/mol. The van der Waals surface area contributed by atoms with Gasteiger partial charge in [0.15, 0.2) is 23.1 Å². The summed E-state index contributed by atoms with van der Waals surface area (Å²) in [7, 11) is 0. The number of carbonyl (C=O) groups is 2. The van der Waals surface area contributed by atoms with Crippen molar-refractivity contribution in [2.24, 2.45) is 10.8 Å². The van der Waals surface area contributed by atoms with Crippen molar-refractivity contribution < 1.29 is 19.1 Å². The Hall–Kier alpha value is -2.86. The van der Waals surface area contributed by atoms with Gasteiger partial charge in [-0.15, -0.1) is 0 Å². The summed E-state index contributed by atoms with van der Waals surface area (Å²) in [5, 5.41) is 0. The van der Waals surface area contributed by atoms with Gasteiger partial charge in [-0.05, 0) is 67.2 Å². The number of rotatable bonds is 7. The molecule has 0 amide bonds.